The highest BCUT2D eigenvalue weighted by Crippen LogP contribution is 2.30. The van der Waals surface area contributed by atoms with Crippen LogP contribution in [0.15, 0.2) is 94.9 Å². The molecule has 0 unspecified atom stereocenters. The third-order valence-electron chi connectivity index (χ3n) is 5.20. The van der Waals surface area contributed by atoms with E-state index >= 15 is 0 Å². The van der Waals surface area contributed by atoms with E-state index in [2.05, 4.69) is 0 Å². The Balaban J connectivity index is 1.88. The first-order valence-electron chi connectivity index (χ1n) is 10.7. The summed E-state index contributed by atoms with van der Waals surface area (Å²) in [6.45, 7) is 4.29. The number of para-hydroxylation sites is 1. The molecule has 0 aliphatic carbocycles. The highest BCUT2D eigenvalue weighted by Gasteiger charge is 2.22. The maximum atomic E-state index is 13.2. The van der Waals surface area contributed by atoms with E-state index in [9.17, 15) is 13.7 Å². The van der Waals surface area contributed by atoms with E-state index < -0.39 is 9.84 Å². The minimum absolute atomic E-state index is 0.0706. The van der Waals surface area contributed by atoms with Crippen molar-refractivity contribution in [3.8, 4) is 28.8 Å². The fraction of sp³-hybridized carbons (Fsp3) is 0.111. The highest BCUT2D eigenvalue weighted by atomic mass is 32.2. The SMILES string of the molecule is CCOc1cccc(-c2nn(-c3ccccc3)cc2C=C(C#N)S(=O)(=O)c2ccc(C)cc2)c1. The number of aryl methyl sites for hydroxylation is 1. The predicted molar refractivity (Wildman–Crippen MR) is 132 cm³/mol. The first-order chi connectivity index (χ1) is 16.4. The lowest BCUT2D eigenvalue weighted by Crippen LogP contribution is -2.03. The molecule has 170 valence electrons. The molecule has 0 saturated heterocycles. The Morgan fingerprint density at radius 1 is 1.06 bits per heavy atom. The molecule has 0 amide bonds. The highest BCUT2D eigenvalue weighted by molar-refractivity contribution is 7.95. The van der Waals surface area contributed by atoms with E-state index in [1.165, 1.54) is 18.2 Å². The van der Waals surface area contributed by atoms with Gasteiger partial charge < -0.3 is 4.74 Å². The summed E-state index contributed by atoms with van der Waals surface area (Å²) in [5.41, 5.74) is 3.53. The Morgan fingerprint density at radius 3 is 2.47 bits per heavy atom. The first-order valence-corrected chi connectivity index (χ1v) is 12.2. The molecule has 0 spiro atoms. The van der Waals surface area contributed by atoms with Gasteiger partial charge in [0.25, 0.3) is 0 Å². The van der Waals surface area contributed by atoms with Gasteiger partial charge in [0.1, 0.15) is 22.4 Å². The molecule has 0 saturated carbocycles. The van der Waals surface area contributed by atoms with E-state index in [-0.39, 0.29) is 9.80 Å². The summed E-state index contributed by atoms with van der Waals surface area (Å²) in [5.74, 6) is 0.678. The second kappa shape index (κ2) is 9.77. The zero-order valence-corrected chi connectivity index (χ0v) is 19.7. The number of allylic oxidation sites excluding steroid dienone is 1. The van der Waals surface area contributed by atoms with Crippen molar-refractivity contribution in [2.24, 2.45) is 0 Å². The summed E-state index contributed by atoms with van der Waals surface area (Å²) in [6, 6.07) is 25.2. The van der Waals surface area contributed by atoms with Crippen molar-refractivity contribution >= 4 is 15.9 Å². The number of benzene rings is 3. The molecule has 34 heavy (non-hydrogen) atoms. The van der Waals surface area contributed by atoms with Crippen molar-refractivity contribution in [2.75, 3.05) is 6.61 Å². The van der Waals surface area contributed by atoms with Crippen molar-refractivity contribution in [3.05, 3.63) is 101 Å². The molecular formula is C27H23N3O3S. The van der Waals surface area contributed by atoms with Gasteiger partial charge in [-0.2, -0.15) is 10.4 Å². The quantitative estimate of drug-likeness (QED) is 0.330. The monoisotopic (exact) mass is 469 g/mol. The van der Waals surface area contributed by atoms with Crippen LogP contribution in [0.25, 0.3) is 23.0 Å². The summed E-state index contributed by atoms with van der Waals surface area (Å²) in [7, 11) is -4.00. The maximum Gasteiger partial charge on any atom is 0.216 e. The van der Waals surface area contributed by atoms with Gasteiger partial charge in [-0.1, -0.05) is 48.0 Å². The minimum Gasteiger partial charge on any atom is -0.494 e. The van der Waals surface area contributed by atoms with Crippen LogP contribution in [0.3, 0.4) is 0 Å². The van der Waals surface area contributed by atoms with E-state index in [1.807, 2.05) is 74.5 Å². The number of ether oxygens (including phenoxy) is 1. The zero-order chi connectivity index (χ0) is 24.1. The largest absolute Gasteiger partial charge is 0.494 e. The smallest absolute Gasteiger partial charge is 0.216 e. The third-order valence-corrected chi connectivity index (χ3v) is 6.88. The Hall–Kier alpha value is -4.15. The number of nitrogens with zero attached hydrogens (tertiary/aromatic N) is 3. The summed E-state index contributed by atoms with van der Waals surface area (Å²) < 4.78 is 33.7. The fourth-order valence-corrected chi connectivity index (χ4v) is 4.64. The molecule has 0 bridgehead atoms. The van der Waals surface area contributed by atoms with Crippen LogP contribution in [0.5, 0.6) is 5.75 Å². The number of sulfone groups is 1. The molecule has 4 aromatic rings. The number of hydrogen-bond acceptors (Lipinski definition) is 5. The Labute approximate surface area is 199 Å². The number of aromatic nitrogens is 2. The van der Waals surface area contributed by atoms with Crippen LogP contribution in [0.4, 0.5) is 0 Å². The summed E-state index contributed by atoms with van der Waals surface area (Å²) in [6.07, 6.45) is 3.10. The molecule has 0 atom stereocenters. The normalized spacial score (nSPS) is 11.7. The van der Waals surface area contributed by atoms with Crippen LogP contribution in [-0.2, 0) is 9.84 Å². The lowest BCUT2D eigenvalue weighted by atomic mass is 10.1. The van der Waals surface area contributed by atoms with Gasteiger partial charge in [-0.3, -0.25) is 0 Å². The molecule has 4 rings (SSSR count). The molecule has 1 aromatic heterocycles. The molecule has 0 radical (unpaired) electrons. The Morgan fingerprint density at radius 2 is 1.79 bits per heavy atom. The van der Waals surface area contributed by atoms with Crippen LogP contribution < -0.4 is 4.74 Å². The van der Waals surface area contributed by atoms with Gasteiger partial charge in [-0.15, -0.1) is 0 Å². The topological polar surface area (TPSA) is 85.0 Å². The third kappa shape index (κ3) is 4.77. The van der Waals surface area contributed by atoms with E-state index in [0.717, 1.165) is 16.8 Å². The second-order valence-corrected chi connectivity index (χ2v) is 9.53. The van der Waals surface area contributed by atoms with Gasteiger partial charge in [-0.25, -0.2) is 13.1 Å². The van der Waals surface area contributed by atoms with Crippen molar-refractivity contribution < 1.29 is 13.2 Å². The van der Waals surface area contributed by atoms with Gasteiger partial charge in [0.05, 0.1) is 17.2 Å². The minimum atomic E-state index is -4.00. The molecule has 0 N–H and O–H groups in total. The molecule has 7 heteroatoms. The van der Waals surface area contributed by atoms with Crippen molar-refractivity contribution in [2.45, 2.75) is 18.7 Å². The van der Waals surface area contributed by atoms with E-state index in [4.69, 9.17) is 9.84 Å². The number of nitriles is 1. The molecule has 1 heterocycles. The molecule has 0 fully saturated rings. The van der Waals surface area contributed by atoms with Gasteiger partial charge >= 0.3 is 0 Å². The van der Waals surface area contributed by atoms with Gasteiger partial charge in [0.15, 0.2) is 0 Å². The molecular weight excluding hydrogens is 446 g/mol. The average molecular weight is 470 g/mol. The van der Waals surface area contributed by atoms with Gasteiger partial charge in [-0.05, 0) is 56.3 Å². The lowest BCUT2D eigenvalue weighted by molar-refractivity contribution is 0.340. The van der Waals surface area contributed by atoms with Gasteiger partial charge in [0.2, 0.25) is 9.84 Å². The van der Waals surface area contributed by atoms with E-state index in [1.54, 1.807) is 23.0 Å². The number of hydrogen-bond donors (Lipinski definition) is 0. The zero-order valence-electron chi connectivity index (χ0n) is 18.8. The lowest BCUT2D eigenvalue weighted by Gasteiger charge is -2.06. The predicted octanol–water partition coefficient (Wildman–Crippen LogP) is 5.58. The van der Waals surface area contributed by atoms with Crippen LogP contribution in [0.1, 0.15) is 18.1 Å². The van der Waals surface area contributed by atoms with Crippen LogP contribution in [-0.4, -0.2) is 24.8 Å². The molecule has 0 aliphatic rings. The van der Waals surface area contributed by atoms with Crippen molar-refractivity contribution in [3.63, 3.8) is 0 Å². The summed E-state index contributed by atoms with van der Waals surface area (Å²) in [4.78, 5) is -0.285. The van der Waals surface area contributed by atoms with Gasteiger partial charge in [0, 0.05) is 17.3 Å². The van der Waals surface area contributed by atoms with Crippen LogP contribution >= 0.6 is 0 Å². The Bertz CT molecular complexity index is 1480. The first kappa shape index (κ1) is 23.0. The second-order valence-electron chi connectivity index (χ2n) is 7.61. The Kier molecular flexibility index (Phi) is 6.62. The van der Waals surface area contributed by atoms with Crippen LogP contribution in [0, 0.1) is 18.3 Å². The standard InChI is InChI=1S/C27H23N3O3S/c1-3-33-24-11-7-8-21(16-24)27-22(19-30(29-27)23-9-5-4-6-10-23)17-26(18-28)34(31,32)25-14-12-20(2)13-15-25/h4-17,19H,3H2,1-2H3. The average Bonchev–Trinajstić information content (AvgIpc) is 3.28. The number of rotatable bonds is 7. The molecule has 3 aromatic carbocycles. The van der Waals surface area contributed by atoms with Crippen LogP contribution in [0.2, 0.25) is 0 Å². The van der Waals surface area contributed by atoms with E-state index in [0.29, 0.717) is 23.6 Å². The van der Waals surface area contributed by atoms with Crippen molar-refractivity contribution in [1.82, 2.24) is 9.78 Å². The summed E-state index contributed by atoms with van der Waals surface area (Å²) >= 11 is 0. The van der Waals surface area contributed by atoms with Crippen molar-refractivity contribution in [1.29, 1.82) is 5.26 Å². The summed E-state index contributed by atoms with van der Waals surface area (Å²) in [5, 5.41) is 14.5. The fourth-order valence-electron chi connectivity index (χ4n) is 3.49. The molecule has 0 aliphatic heterocycles. The maximum absolute atomic E-state index is 13.2. The molecule has 6 nitrogen and oxygen atoms in total.